The maximum Gasteiger partial charge on any atom is 0.267 e. The van der Waals surface area contributed by atoms with Gasteiger partial charge in [0.05, 0.1) is 5.02 Å². The Kier molecular flexibility index (Phi) is 5.74. The minimum atomic E-state index is -0.161. The summed E-state index contributed by atoms with van der Waals surface area (Å²) in [5.41, 5.74) is 1.98. The number of rotatable bonds is 6. The van der Waals surface area contributed by atoms with E-state index >= 15 is 0 Å². The Bertz CT molecular complexity index is 886. The lowest BCUT2D eigenvalue weighted by Crippen LogP contribution is -2.22. The van der Waals surface area contributed by atoms with Crippen molar-refractivity contribution in [2.24, 2.45) is 0 Å². The van der Waals surface area contributed by atoms with Gasteiger partial charge >= 0.3 is 0 Å². The highest BCUT2D eigenvalue weighted by Gasteiger charge is 2.17. The van der Waals surface area contributed by atoms with E-state index in [1.165, 1.54) is 16.9 Å². The molecule has 0 atom stereocenters. The van der Waals surface area contributed by atoms with Crippen molar-refractivity contribution in [2.75, 3.05) is 18.4 Å². The Hall–Kier alpha value is -1.88. The zero-order valence-corrected chi connectivity index (χ0v) is 16.0. The van der Waals surface area contributed by atoms with E-state index in [1.807, 2.05) is 42.5 Å². The third kappa shape index (κ3) is 4.03. The molecule has 0 radical (unpaired) electrons. The van der Waals surface area contributed by atoms with Crippen LogP contribution in [0.4, 0.5) is 5.69 Å². The second-order valence-corrected chi connectivity index (χ2v) is 7.29. The standard InChI is InChI=1S/C20H21ClN2OS/c1-3-23(4-2)13-14-8-7-9-15(12-14)22-20(24)19-18(21)16-10-5-6-11-17(16)25-19/h5-12H,3-4,13H2,1-2H3,(H,22,24). The second-order valence-electron chi connectivity index (χ2n) is 5.86. The van der Waals surface area contributed by atoms with Gasteiger partial charge in [0.2, 0.25) is 0 Å². The number of benzene rings is 2. The number of hydrogen-bond acceptors (Lipinski definition) is 3. The number of fused-ring (bicyclic) bond motifs is 1. The summed E-state index contributed by atoms with van der Waals surface area (Å²) in [6.45, 7) is 7.19. The van der Waals surface area contributed by atoms with Gasteiger partial charge in [0.15, 0.2) is 0 Å². The fourth-order valence-electron chi connectivity index (χ4n) is 2.80. The van der Waals surface area contributed by atoms with Crippen LogP contribution in [0.15, 0.2) is 48.5 Å². The molecule has 0 fully saturated rings. The highest BCUT2D eigenvalue weighted by atomic mass is 35.5. The van der Waals surface area contributed by atoms with Gasteiger partial charge in [-0.15, -0.1) is 11.3 Å². The maximum absolute atomic E-state index is 12.7. The number of carbonyl (C=O) groups excluding carboxylic acids is 1. The molecule has 0 aliphatic heterocycles. The summed E-state index contributed by atoms with van der Waals surface area (Å²) in [7, 11) is 0. The number of thiophene rings is 1. The van der Waals surface area contributed by atoms with Crippen LogP contribution in [-0.4, -0.2) is 23.9 Å². The summed E-state index contributed by atoms with van der Waals surface area (Å²) in [5.74, 6) is -0.161. The summed E-state index contributed by atoms with van der Waals surface area (Å²) in [4.78, 5) is 15.5. The molecule has 1 N–H and O–H groups in total. The monoisotopic (exact) mass is 372 g/mol. The molecule has 0 saturated carbocycles. The van der Waals surface area contributed by atoms with Crippen LogP contribution in [0.25, 0.3) is 10.1 Å². The first-order valence-electron chi connectivity index (χ1n) is 8.42. The number of amides is 1. The van der Waals surface area contributed by atoms with E-state index in [9.17, 15) is 4.79 Å². The van der Waals surface area contributed by atoms with Gasteiger partial charge in [0, 0.05) is 22.3 Å². The van der Waals surface area contributed by atoms with Gasteiger partial charge in [-0.1, -0.05) is 55.8 Å². The topological polar surface area (TPSA) is 32.3 Å². The Balaban J connectivity index is 1.79. The van der Waals surface area contributed by atoms with Crippen molar-refractivity contribution in [1.82, 2.24) is 4.90 Å². The second kappa shape index (κ2) is 8.00. The van der Waals surface area contributed by atoms with Gasteiger partial charge in [-0.25, -0.2) is 0 Å². The lowest BCUT2D eigenvalue weighted by atomic mass is 10.2. The highest BCUT2D eigenvalue weighted by molar-refractivity contribution is 7.21. The van der Waals surface area contributed by atoms with Crippen molar-refractivity contribution in [3.8, 4) is 0 Å². The van der Waals surface area contributed by atoms with Crippen LogP contribution in [0, 0.1) is 0 Å². The fourth-order valence-corrected chi connectivity index (χ4v) is 4.21. The lowest BCUT2D eigenvalue weighted by Gasteiger charge is -2.18. The van der Waals surface area contributed by atoms with Gasteiger partial charge in [-0.05, 0) is 36.9 Å². The molecule has 0 aliphatic rings. The Morgan fingerprint density at radius 1 is 1.12 bits per heavy atom. The first-order valence-corrected chi connectivity index (χ1v) is 9.61. The largest absolute Gasteiger partial charge is 0.321 e. The van der Waals surface area contributed by atoms with E-state index in [1.54, 1.807) is 0 Å². The third-order valence-electron chi connectivity index (χ3n) is 4.23. The van der Waals surface area contributed by atoms with Crippen molar-refractivity contribution in [3.05, 3.63) is 64.0 Å². The van der Waals surface area contributed by atoms with E-state index in [2.05, 4.69) is 30.1 Å². The summed E-state index contributed by atoms with van der Waals surface area (Å²) in [6, 6.07) is 15.8. The van der Waals surface area contributed by atoms with Gasteiger partial charge in [0.1, 0.15) is 4.88 Å². The Labute approximate surface area is 157 Å². The number of anilines is 1. The Morgan fingerprint density at radius 2 is 1.88 bits per heavy atom. The van der Waals surface area contributed by atoms with E-state index in [0.29, 0.717) is 9.90 Å². The highest BCUT2D eigenvalue weighted by Crippen LogP contribution is 2.35. The van der Waals surface area contributed by atoms with Crippen LogP contribution in [0.5, 0.6) is 0 Å². The molecule has 5 heteroatoms. The molecule has 3 aromatic rings. The number of carbonyl (C=O) groups is 1. The molecule has 0 bridgehead atoms. The van der Waals surface area contributed by atoms with E-state index in [4.69, 9.17) is 11.6 Å². The molecule has 3 nitrogen and oxygen atoms in total. The van der Waals surface area contributed by atoms with Gasteiger partial charge in [0.25, 0.3) is 5.91 Å². The van der Waals surface area contributed by atoms with Crippen LogP contribution in [-0.2, 0) is 6.54 Å². The van der Waals surface area contributed by atoms with Crippen LogP contribution in [0.3, 0.4) is 0 Å². The quantitative estimate of drug-likeness (QED) is 0.606. The molecule has 2 aromatic carbocycles. The molecule has 130 valence electrons. The molecular weight excluding hydrogens is 352 g/mol. The number of hydrogen-bond donors (Lipinski definition) is 1. The van der Waals surface area contributed by atoms with Gasteiger partial charge in [-0.2, -0.15) is 0 Å². The average molecular weight is 373 g/mol. The Morgan fingerprint density at radius 3 is 2.60 bits per heavy atom. The zero-order valence-electron chi connectivity index (χ0n) is 14.4. The van der Waals surface area contributed by atoms with Crippen molar-refractivity contribution in [1.29, 1.82) is 0 Å². The number of nitrogens with zero attached hydrogens (tertiary/aromatic N) is 1. The summed E-state index contributed by atoms with van der Waals surface area (Å²) >= 11 is 7.82. The molecule has 1 heterocycles. The van der Waals surface area contributed by atoms with E-state index in [-0.39, 0.29) is 5.91 Å². The molecule has 1 amide bonds. The molecule has 25 heavy (non-hydrogen) atoms. The van der Waals surface area contributed by atoms with Crippen molar-refractivity contribution in [3.63, 3.8) is 0 Å². The summed E-state index contributed by atoms with van der Waals surface area (Å²) in [5, 5.41) is 4.43. The first-order chi connectivity index (χ1) is 12.1. The van der Waals surface area contributed by atoms with Crippen LogP contribution >= 0.6 is 22.9 Å². The summed E-state index contributed by atoms with van der Waals surface area (Å²) < 4.78 is 1.02. The van der Waals surface area contributed by atoms with Crippen LogP contribution < -0.4 is 5.32 Å². The van der Waals surface area contributed by atoms with E-state index < -0.39 is 0 Å². The van der Waals surface area contributed by atoms with Crippen molar-refractivity contribution >= 4 is 44.6 Å². The number of halogens is 1. The van der Waals surface area contributed by atoms with Crippen LogP contribution in [0.2, 0.25) is 5.02 Å². The van der Waals surface area contributed by atoms with Gasteiger partial charge in [-0.3, -0.25) is 9.69 Å². The zero-order chi connectivity index (χ0) is 17.8. The smallest absolute Gasteiger partial charge is 0.267 e. The molecule has 0 unspecified atom stereocenters. The van der Waals surface area contributed by atoms with E-state index in [0.717, 1.165) is 35.4 Å². The van der Waals surface area contributed by atoms with Crippen molar-refractivity contribution < 1.29 is 4.79 Å². The normalized spacial score (nSPS) is 11.2. The molecule has 1 aromatic heterocycles. The SMILES string of the molecule is CCN(CC)Cc1cccc(NC(=O)c2sc3ccccc3c2Cl)c1. The lowest BCUT2D eigenvalue weighted by molar-refractivity contribution is 0.103. The molecule has 0 aliphatic carbocycles. The minimum absolute atomic E-state index is 0.161. The third-order valence-corrected chi connectivity index (χ3v) is 5.90. The minimum Gasteiger partial charge on any atom is -0.321 e. The maximum atomic E-state index is 12.7. The predicted octanol–water partition coefficient (Wildman–Crippen LogP) is 5.65. The fraction of sp³-hybridized carbons (Fsp3) is 0.250. The number of nitrogens with one attached hydrogen (secondary N) is 1. The average Bonchev–Trinajstić information content (AvgIpc) is 2.97. The molecule has 0 spiro atoms. The van der Waals surface area contributed by atoms with Crippen LogP contribution in [0.1, 0.15) is 29.1 Å². The molecular formula is C20H21ClN2OS. The summed E-state index contributed by atoms with van der Waals surface area (Å²) in [6.07, 6.45) is 0. The van der Waals surface area contributed by atoms with Crippen molar-refractivity contribution in [2.45, 2.75) is 20.4 Å². The molecule has 3 rings (SSSR count). The predicted molar refractivity (Wildman–Crippen MR) is 108 cm³/mol. The molecule has 0 saturated heterocycles. The first kappa shape index (κ1) is 17.9. The van der Waals surface area contributed by atoms with Gasteiger partial charge < -0.3 is 5.32 Å².